The van der Waals surface area contributed by atoms with Gasteiger partial charge in [0.2, 0.25) is 5.91 Å². The Hall–Kier alpha value is -1.42. The van der Waals surface area contributed by atoms with Crippen LogP contribution >= 0.6 is 0 Å². The van der Waals surface area contributed by atoms with Crippen LogP contribution in [0.4, 0.5) is 10.1 Å². The molecule has 1 saturated carbocycles. The minimum atomic E-state index is -0.434. The molecule has 1 aromatic rings. The second kappa shape index (κ2) is 3.87. The number of rotatable bonds is 3. The predicted molar refractivity (Wildman–Crippen MR) is 60.5 cm³/mol. The van der Waals surface area contributed by atoms with E-state index in [1.807, 2.05) is 0 Å². The van der Waals surface area contributed by atoms with Gasteiger partial charge in [0.25, 0.3) is 0 Å². The standard InChI is InChI=1S/C12H15FN2O/c1-15(10-5-3-2-4-9(10)13)11(16)12(8-14)6-7-12/h2-5H,6-8,14H2,1H3. The second-order valence-corrected chi connectivity index (χ2v) is 4.30. The van der Waals surface area contributed by atoms with Gasteiger partial charge in [-0.25, -0.2) is 4.39 Å². The number of halogens is 1. The lowest BCUT2D eigenvalue weighted by Gasteiger charge is -2.22. The minimum Gasteiger partial charge on any atom is -0.329 e. The number of hydrogen-bond donors (Lipinski definition) is 1. The van der Waals surface area contributed by atoms with E-state index in [4.69, 9.17) is 5.73 Å². The van der Waals surface area contributed by atoms with E-state index < -0.39 is 5.41 Å². The van der Waals surface area contributed by atoms with E-state index in [-0.39, 0.29) is 11.7 Å². The summed E-state index contributed by atoms with van der Waals surface area (Å²) in [5.74, 6) is -0.466. The molecule has 1 fully saturated rings. The quantitative estimate of drug-likeness (QED) is 0.843. The summed E-state index contributed by atoms with van der Waals surface area (Å²) in [6, 6.07) is 6.26. The first-order valence-corrected chi connectivity index (χ1v) is 5.33. The fourth-order valence-electron chi connectivity index (χ4n) is 1.85. The minimum absolute atomic E-state index is 0.0832. The fraction of sp³-hybridized carbons (Fsp3) is 0.417. The molecule has 0 saturated heterocycles. The zero-order valence-corrected chi connectivity index (χ0v) is 9.24. The molecule has 1 amide bonds. The molecule has 86 valence electrons. The van der Waals surface area contributed by atoms with Gasteiger partial charge >= 0.3 is 0 Å². The molecule has 16 heavy (non-hydrogen) atoms. The molecule has 0 aromatic heterocycles. The van der Waals surface area contributed by atoms with E-state index >= 15 is 0 Å². The van der Waals surface area contributed by atoms with Gasteiger partial charge in [0, 0.05) is 13.6 Å². The molecule has 0 aliphatic heterocycles. The molecule has 2 rings (SSSR count). The maximum atomic E-state index is 13.5. The Labute approximate surface area is 94.0 Å². The van der Waals surface area contributed by atoms with Crippen LogP contribution in [0.15, 0.2) is 24.3 Å². The molecular formula is C12H15FN2O. The Morgan fingerprint density at radius 2 is 2.12 bits per heavy atom. The SMILES string of the molecule is CN(C(=O)C1(CN)CC1)c1ccccc1F. The van der Waals surface area contributed by atoms with Crippen LogP contribution in [-0.4, -0.2) is 19.5 Å². The summed E-state index contributed by atoms with van der Waals surface area (Å²) in [6.07, 6.45) is 1.61. The highest BCUT2D eigenvalue weighted by Gasteiger charge is 2.50. The lowest BCUT2D eigenvalue weighted by Crippen LogP contribution is -2.38. The van der Waals surface area contributed by atoms with Gasteiger partial charge in [0.1, 0.15) is 5.82 Å². The van der Waals surface area contributed by atoms with E-state index in [0.717, 1.165) is 12.8 Å². The first-order chi connectivity index (χ1) is 7.60. The van der Waals surface area contributed by atoms with Crippen molar-refractivity contribution < 1.29 is 9.18 Å². The smallest absolute Gasteiger partial charge is 0.234 e. The average Bonchev–Trinajstić information content (AvgIpc) is 3.09. The number of anilines is 1. The molecule has 0 atom stereocenters. The van der Waals surface area contributed by atoms with Crippen LogP contribution in [0.5, 0.6) is 0 Å². The number of hydrogen-bond acceptors (Lipinski definition) is 2. The number of carbonyl (C=O) groups excluding carboxylic acids is 1. The fourth-order valence-corrected chi connectivity index (χ4v) is 1.85. The summed E-state index contributed by atoms with van der Waals surface area (Å²) >= 11 is 0. The van der Waals surface area contributed by atoms with Gasteiger partial charge in [-0.3, -0.25) is 4.79 Å². The third-order valence-corrected chi connectivity index (χ3v) is 3.22. The summed E-state index contributed by atoms with van der Waals surface area (Å²) in [5.41, 5.74) is 5.46. The van der Waals surface area contributed by atoms with E-state index in [1.54, 1.807) is 25.2 Å². The Morgan fingerprint density at radius 1 is 1.50 bits per heavy atom. The Bertz CT molecular complexity index is 415. The summed E-state index contributed by atoms with van der Waals surface area (Å²) in [4.78, 5) is 13.5. The molecule has 1 aromatic carbocycles. The largest absolute Gasteiger partial charge is 0.329 e. The summed E-state index contributed by atoms with van der Waals surface area (Å²) < 4.78 is 13.5. The Morgan fingerprint density at radius 3 is 2.62 bits per heavy atom. The molecule has 0 heterocycles. The molecular weight excluding hydrogens is 207 g/mol. The van der Waals surface area contributed by atoms with Crippen LogP contribution in [0.2, 0.25) is 0 Å². The van der Waals surface area contributed by atoms with Gasteiger partial charge in [0.05, 0.1) is 11.1 Å². The van der Waals surface area contributed by atoms with Gasteiger partial charge in [-0.15, -0.1) is 0 Å². The molecule has 4 heteroatoms. The lowest BCUT2D eigenvalue weighted by atomic mass is 10.1. The number of benzene rings is 1. The Kier molecular flexibility index (Phi) is 2.68. The first-order valence-electron chi connectivity index (χ1n) is 5.33. The van der Waals surface area contributed by atoms with Gasteiger partial charge in [-0.05, 0) is 25.0 Å². The van der Waals surface area contributed by atoms with Gasteiger partial charge in [0.15, 0.2) is 0 Å². The maximum Gasteiger partial charge on any atom is 0.234 e. The van der Waals surface area contributed by atoms with Crippen molar-refractivity contribution in [3.05, 3.63) is 30.1 Å². The number of para-hydroxylation sites is 1. The van der Waals surface area contributed by atoms with Crippen LogP contribution in [0.1, 0.15) is 12.8 Å². The highest BCUT2D eigenvalue weighted by Crippen LogP contribution is 2.46. The molecule has 0 radical (unpaired) electrons. The maximum absolute atomic E-state index is 13.5. The van der Waals surface area contributed by atoms with E-state index in [9.17, 15) is 9.18 Å². The van der Waals surface area contributed by atoms with Crippen molar-refractivity contribution >= 4 is 11.6 Å². The van der Waals surface area contributed by atoms with Crippen molar-refractivity contribution in [1.82, 2.24) is 0 Å². The molecule has 1 aliphatic carbocycles. The third-order valence-electron chi connectivity index (χ3n) is 3.22. The van der Waals surface area contributed by atoms with Gasteiger partial charge < -0.3 is 10.6 Å². The number of nitrogens with two attached hydrogens (primary N) is 1. The highest BCUT2D eigenvalue weighted by molar-refractivity contribution is 5.99. The first kappa shape index (κ1) is 11.1. The topological polar surface area (TPSA) is 46.3 Å². The Balaban J connectivity index is 2.23. The molecule has 2 N–H and O–H groups in total. The van der Waals surface area contributed by atoms with E-state index in [1.165, 1.54) is 11.0 Å². The summed E-state index contributed by atoms with van der Waals surface area (Å²) in [6.45, 7) is 0.338. The zero-order chi connectivity index (χ0) is 11.8. The van der Waals surface area contributed by atoms with Crippen molar-refractivity contribution in [3.63, 3.8) is 0 Å². The number of carbonyl (C=O) groups is 1. The molecule has 0 unspecified atom stereocenters. The number of amides is 1. The lowest BCUT2D eigenvalue weighted by molar-refractivity contribution is -0.123. The molecule has 3 nitrogen and oxygen atoms in total. The predicted octanol–water partition coefficient (Wildman–Crippen LogP) is 1.53. The third kappa shape index (κ3) is 1.69. The molecule has 0 spiro atoms. The van der Waals surface area contributed by atoms with Crippen LogP contribution in [0.25, 0.3) is 0 Å². The average molecular weight is 222 g/mol. The van der Waals surface area contributed by atoms with Crippen molar-refractivity contribution in [1.29, 1.82) is 0 Å². The van der Waals surface area contributed by atoms with Crippen LogP contribution in [0, 0.1) is 11.2 Å². The van der Waals surface area contributed by atoms with Gasteiger partial charge in [-0.1, -0.05) is 12.1 Å². The van der Waals surface area contributed by atoms with Crippen LogP contribution < -0.4 is 10.6 Å². The highest BCUT2D eigenvalue weighted by atomic mass is 19.1. The van der Waals surface area contributed by atoms with Crippen molar-refractivity contribution in [2.24, 2.45) is 11.1 Å². The monoisotopic (exact) mass is 222 g/mol. The second-order valence-electron chi connectivity index (χ2n) is 4.30. The van der Waals surface area contributed by atoms with Crippen LogP contribution in [0.3, 0.4) is 0 Å². The van der Waals surface area contributed by atoms with E-state index in [0.29, 0.717) is 12.2 Å². The van der Waals surface area contributed by atoms with E-state index in [2.05, 4.69) is 0 Å². The van der Waals surface area contributed by atoms with Gasteiger partial charge in [-0.2, -0.15) is 0 Å². The summed E-state index contributed by atoms with van der Waals surface area (Å²) in [7, 11) is 1.59. The van der Waals surface area contributed by atoms with Crippen molar-refractivity contribution in [3.8, 4) is 0 Å². The normalized spacial score (nSPS) is 16.9. The number of nitrogens with zero attached hydrogens (tertiary/aromatic N) is 1. The zero-order valence-electron chi connectivity index (χ0n) is 9.24. The van der Waals surface area contributed by atoms with Crippen LogP contribution in [-0.2, 0) is 4.79 Å². The molecule has 0 bridgehead atoms. The van der Waals surface area contributed by atoms with Crippen molar-refractivity contribution in [2.75, 3.05) is 18.5 Å². The summed E-state index contributed by atoms with van der Waals surface area (Å²) in [5, 5.41) is 0. The molecule has 1 aliphatic rings. The van der Waals surface area contributed by atoms with Crippen molar-refractivity contribution in [2.45, 2.75) is 12.8 Å².